The Hall–Kier alpha value is -1.78. The highest BCUT2D eigenvalue weighted by Gasteiger charge is 2.38. The molecule has 5 heteroatoms. The van der Waals surface area contributed by atoms with Crippen molar-refractivity contribution in [1.82, 2.24) is 9.47 Å². The van der Waals surface area contributed by atoms with Gasteiger partial charge in [0, 0.05) is 26.3 Å². The second-order valence-corrected chi connectivity index (χ2v) is 5.26. The van der Waals surface area contributed by atoms with Crippen LogP contribution in [0.25, 0.3) is 0 Å². The zero-order chi connectivity index (χ0) is 13.3. The second kappa shape index (κ2) is 4.48. The monoisotopic (exact) mass is 249 g/mol. The molecule has 0 bridgehead atoms. The summed E-state index contributed by atoms with van der Waals surface area (Å²) in [6.45, 7) is 2.93. The van der Waals surface area contributed by atoms with E-state index in [2.05, 4.69) is 0 Å². The Kier molecular flexibility index (Phi) is 3.15. The third-order valence-corrected chi connectivity index (χ3v) is 3.74. The summed E-state index contributed by atoms with van der Waals surface area (Å²) < 4.78 is 1.79. The van der Waals surface area contributed by atoms with E-state index in [9.17, 15) is 9.59 Å². The smallest absolute Gasteiger partial charge is 0.270 e. The van der Waals surface area contributed by atoms with Crippen LogP contribution >= 0.6 is 0 Å². The number of likely N-dealkylation sites (tertiary alicyclic amines) is 1. The Bertz CT molecular complexity index is 480. The minimum Gasteiger partial charge on any atom is -0.369 e. The van der Waals surface area contributed by atoms with Crippen molar-refractivity contribution in [3.63, 3.8) is 0 Å². The van der Waals surface area contributed by atoms with Crippen LogP contribution in [0.3, 0.4) is 0 Å². The predicted octanol–water partition coefficient (Wildman–Crippen LogP) is 0.753. The van der Waals surface area contributed by atoms with E-state index in [0.29, 0.717) is 18.8 Å². The highest BCUT2D eigenvalue weighted by molar-refractivity contribution is 5.93. The highest BCUT2D eigenvalue weighted by atomic mass is 16.2. The number of rotatable bonds is 2. The van der Waals surface area contributed by atoms with Gasteiger partial charge in [-0.05, 0) is 31.9 Å². The molecule has 1 atom stereocenters. The average molecular weight is 249 g/mol. The van der Waals surface area contributed by atoms with Gasteiger partial charge in [0.15, 0.2) is 0 Å². The summed E-state index contributed by atoms with van der Waals surface area (Å²) in [5.74, 6) is -0.360. The number of aromatic nitrogens is 1. The SMILES string of the molecule is Cn1cccc1C(=O)N1CCCC(C)(C(N)=O)C1. The molecule has 18 heavy (non-hydrogen) atoms. The molecule has 0 spiro atoms. The largest absolute Gasteiger partial charge is 0.369 e. The van der Waals surface area contributed by atoms with Gasteiger partial charge < -0.3 is 15.2 Å². The summed E-state index contributed by atoms with van der Waals surface area (Å²) >= 11 is 0. The maximum Gasteiger partial charge on any atom is 0.270 e. The third kappa shape index (κ3) is 2.12. The van der Waals surface area contributed by atoms with Gasteiger partial charge in [0.2, 0.25) is 5.91 Å². The summed E-state index contributed by atoms with van der Waals surface area (Å²) in [7, 11) is 1.84. The predicted molar refractivity (Wildman–Crippen MR) is 67.9 cm³/mol. The van der Waals surface area contributed by atoms with E-state index in [1.165, 1.54) is 0 Å². The summed E-state index contributed by atoms with van der Waals surface area (Å²) in [6, 6.07) is 3.63. The highest BCUT2D eigenvalue weighted by Crippen LogP contribution is 2.29. The summed E-state index contributed by atoms with van der Waals surface area (Å²) in [5, 5.41) is 0. The van der Waals surface area contributed by atoms with Crippen LogP contribution in [0.1, 0.15) is 30.3 Å². The molecule has 1 aromatic rings. The van der Waals surface area contributed by atoms with Gasteiger partial charge in [0.25, 0.3) is 5.91 Å². The Balaban J connectivity index is 2.17. The molecular formula is C13H19N3O2. The van der Waals surface area contributed by atoms with Crippen LogP contribution in [0.4, 0.5) is 0 Å². The lowest BCUT2D eigenvalue weighted by Crippen LogP contribution is -2.50. The van der Waals surface area contributed by atoms with E-state index < -0.39 is 5.41 Å². The fourth-order valence-corrected chi connectivity index (χ4v) is 2.46. The molecule has 0 aromatic carbocycles. The maximum absolute atomic E-state index is 12.3. The van der Waals surface area contributed by atoms with Gasteiger partial charge in [-0.1, -0.05) is 0 Å². The Morgan fingerprint density at radius 3 is 2.72 bits per heavy atom. The van der Waals surface area contributed by atoms with Gasteiger partial charge in [-0.3, -0.25) is 9.59 Å². The lowest BCUT2D eigenvalue weighted by molar-refractivity contribution is -0.129. The zero-order valence-corrected chi connectivity index (χ0v) is 10.8. The summed E-state index contributed by atoms with van der Waals surface area (Å²) in [5.41, 5.74) is 5.47. The number of carbonyl (C=O) groups excluding carboxylic acids is 2. The fraction of sp³-hybridized carbons (Fsp3) is 0.538. The molecule has 0 aliphatic carbocycles. The van der Waals surface area contributed by atoms with Crippen molar-refractivity contribution < 1.29 is 9.59 Å². The number of nitrogens with two attached hydrogens (primary N) is 1. The number of primary amides is 1. The molecule has 2 N–H and O–H groups in total. The summed E-state index contributed by atoms with van der Waals surface area (Å²) in [6.07, 6.45) is 3.40. The minimum absolute atomic E-state index is 0.0327. The van der Waals surface area contributed by atoms with Gasteiger partial charge in [0.1, 0.15) is 5.69 Å². The second-order valence-electron chi connectivity index (χ2n) is 5.26. The lowest BCUT2D eigenvalue weighted by atomic mass is 9.81. The Morgan fingerprint density at radius 1 is 1.44 bits per heavy atom. The van der Waals surface area contributed by atoms with Crippen molar-refractivity contribution in [3.05, 3.63) is 24.0 Å². The number of aryl methyl sites for hydroxylation is 1. The van der Waals surface area contributed by atoms with E-state index >= 15 is 0 Å². The van der Waals surface area contributed by atoms with E-state index in [0.717, 1.165) is 12.8 Å². The molecule has 1 aliphatic rings. The van der Waals surface area contributed by atoms with Crippen LogP contribution in [-0.2, 0) is 11.8 Å². The molecule has 1 unspecified atom stereocenters. The molecule has 2 heterocycles. The maximum atomic E-state index is 12.3. The molecule has 2 rings (SSSR count). The minimum atomic E-state index is -0.598. The van der Waals surface area contributed by atoms with Crippen molar-refractivity contribution in [2.45, 2.75) is 19.8 Å². The Morgan fingerprint density at radius 2 is 2.17 bits per heavy atom. The standard InChI is InChI=1S/C13H19N3O2/c1-13(12(14)18)6-4-8-16(9-13)11(17)10-5-3-7-15(10)2/h3,5,7H,4,6,8-9H2,1-2H3,(H2,14,18). The van der Waals surface area contributed by atoms with Crippen LogP contribution in [0.5, 0.6) is 0 Å². The van der Waals surface area contributed by atoms with Gasteiger partial charge >= 0.3 is 0 Å². The molecule has 2 amide bonds. The molecule has 0 saturated carbocycles. The van der Waals surface area contributed by atoms with Gasteiger partial charge in [-0.15, -0.1) is 0 Å². The fourth-order valence-electron chi connectivity index (χ4n) is 2.46. The van der Waals surface area contributed by atoms with Crippen molar-refractivity contribution in [2.75, 3.05) is 13.1 Å². The first-order valence-corrected chi connectivity index (χ1v) is 6.14. The number of nitrogens with zero attached hydrogens (tertiary/aromatic N) is 2. The van der Waals surface area contributed by atoms with Crippen LogP contribution in [0.2, 0.25) is 0 Å². The molecule has 1 fully saturated rings. The van der Waals surface area contributed by atoms with Crippen LogP contribution in [0.15, 0.2) is 18.3 Å². The van der Waals surface area contributed by atoms with Gasteiger partial charge in [-0.25, -0.2) is 0 Å². The van der Waals surface area contributed by atoms with E-state index in [1.807, 2.05) is 26.2 Å². The van der Waals surface area contributed by atoms with Crippen molar-refractivity contribution in [2.24, 2.45) is 18.2 Å². The zero-order valence-electron chi connectivity index (χ0n) is 10.8. The molecule has 1 aromatic heterocycles. The van der Waals surface area contributed by atoms with Crippen LogP contribution in [-0.4, -0.2) is 34.4 Å². The lowest BCUT2D eigenvalue weighted by Gasteiger charge is -2.38. The van der Waals surface area contributed by atoms with Crippen LogP contribution < -0.4 is 5.73 Å². The average Bonchev–Trinajstić information content (AvgIpc) is 2.74. The molecule has 5 nitrogen and oxygen atoms in total. The molecular weight excluding hydrogens is 230 g/mol. The van der Waals surface area contributed by atoms with Crippen molar-refractivity contribution in [3.8, 4) is 0 Å². The quantitative estimate of drug-likeness (QED) is 0.840. The summed E-state index contributed by atoms with van der Waals surface area (Å²) in [4.78, 5) is 25.5. The van der Waals surface area contributed by atoms with E-state index in [4.69, 9.17) is 5.73 Å². The number of piperidine rings is 1. The van der Waals surface area contributed by atoms with E-state index in [1.54, 1.807) is 15.5 Å². The normalized spacial score (nSPS) is 24.0. The molecule has 1 saturated heterocycles. The Labute approximate surface area is 107 Å². The number of hydrogen-bond donors (Lipinski definition) is 1. The number of hydrogen-bond acceptors (Lipinski definition) is 2. The van der Waals surface area contributed by atoms with Gasteiger partial charge in [-0.2, -0.15) is 0 Å². The molecule has 0 radical (unpaired) electrons. The first-order valence-electron chi connectivity index (χ1n) is 6.14. The van der Waals surface area contributed by atoms with Crippen LogP contribution in [0, 0.1) is 5.41 Å². The first-order chi connectivity index (χ1) is 8.44. The number of carbonyl (C=O) groups is 2. The third-order valence-electron chi connectivity index (χ3n) is 3.74. The topological polar surface area (TPSA) is 68.3 Å². The number of amides is 2. The first kappa shape index (κ1) is 12.7. The van der Waals surface area contributed by atoms with Crippen molar-refractivity contribution >= 4 is 11.8 Å². The van der Waals surface area contributed by atoms with Crippen molar-refractivity contribution in [1.29, 1.82) is 0 Å². The van der Waals surface area contributed by atoms with Gasteiger partial charge in [0.05, 0.1) is 5.41 Å². The van der Waals surface area contributed by atoms with E-state index in [-0.39, 0.29) is 11.8 Å². The molecule has 1 aliphatic heterocycles. The molecule has 98 valence electrons.